The van der Waals surface area contributed by atoms with Gasteiger partial charge in [0.25, 0.3) is 0 Å². The second kappa shape index (κ2) is 10.2. The first-order valence-corrected chi connectivity index (χ1v) is 10.1. The summed E-state index contributed by atoms with van der Waals surface area (Å²) < 4.78 is 10.9. The van der Waals surface area contributed by atoms with Crippen molar-refractivity contribution >= 4 is 5.96 Å². The van der Waals surface area contributed by atoms with E-state index in [-0.39, 0.29) is 0 Å². The first kappa shape index (κ1) is 21.0. The summed E-state index contributed by atoms with van der Waals surface area (Å²) in [6.07, 6.45) is 1.02. The quantitative estimate of drug-likeness (QED) is 0.557. The van der Waals surface area contributed by atoms with Crippen LogP contribution in [0.4, 0.5) is 0 Å². The van der Waals surface area contributed by atoms with E-state index in [9.17, 15) is 0 Å². The fourth-order valence-electron chi connectivity index (χ4n) is 3.69. The highest BCUT2D eigenvalue weighted by atomic mass is 16.5. The molecule has 0 spiro atoms. The Hall–Kier alpha value is -2.73. The van der Waals surface area contributed by atoms with Gasteiger partial charge in [-0.05, 0) is 42.2 Å². The molecule has 0 aliphatic carbocycles. The van der Waals surface area contributed by atoms with E-state index in [1.807, 2.05) is 7.05 Å². The summed E-state index contributed by atoms with van der Waals surface area (Å²) in [6.45, 7) is 6.64. The maximum absolute atomic E-state index is 5.46. The van der Waals surface area contributed by atoms with Crippen molar-refractivity contribution in [2.75, 3.05) is 40.9 Å². The van der Waals surface area contributed by atoms with Gasteiger partial charge < -0.3 is 20.1 Å². The summed E-state index contributed by atoms with van der Waals surface area (Å²) in [4.78, 5) is 6.78. The van der Waals surface area contributed by atoms with Gasteiger partial charge in [-0.3, -0.25) is 9.89 Å². The monoisotopic (exact) mass is 396 g/mol. The summed E-state index contributed by atoms with van der Waals surface area (Å²) in [5, 5.41) is 6.80. The molecule has 0 saturated heterocycles. The number of fused-ring (bicyclic) bond motifs is 1. The number of aryl methyl sites for hydroxylation is 1. The third-order valence-electron chi connectivity index (χ3n) is 5.28. The number of hydrogen-bond donors (Lipinski definition) is 2. The summed E-state index contributed by atoms with van der Waals surface area (Å²) in [7, 11) is 5.18. The van der Waals surface area contributed by atoms with E-state index < -0.39 is 0 Å². The number of benzene rings is 2. The SMILES string of the molecule is CN=C(NCCN1CCc2cc(OC)c(OC)cc2C1)NCc1cccc(C)c1. The zero-order valence-corrected chi connectivity index (χ0v) is 17.9. The van der Waals surface area contributed by atoms with Gasteiger partial charge in [-0.1, -0.05) is 29.8 Å². The van der Waals surface area contributed by atoms with Crippen LogP contribution in [0.5, 0.6) is 11.5 Å². The van der Waals surface area contributed by atoms with Crippen molar-refractivity contribution in [1.82, 2.24) is 15.5 Å². The van der Waals surface area contributed by atoms with Gasteiger partial charge in [-0.2, -0.15) is 0 Å². The molecule has 1 aliphatic rings. The van der Waals surface area contributed by atoms with Gasteiger partial charge in [-0.15, -0.1) is 0 Å². The lowest BCUT2D eigenvalue weighted by molar-refractivity contribution is 0.256. The Balaban J connectivity index is 1.48. The molecule has 2 N–H and O–H groups in total. The first-order chi connectivity index (χ1) is 14.1. The van der Waals surface area contributed by atoms with E-state index in [1.165, 1.54) is 22.3 Å². The standard InChI is InChI=1S/C23H32N4O2/c1-17-6-5-7-18(12-17)15-26-23(24-2)25-9-11-27-10-8-19-13-21(28-3)22(29-4)14-20(19)16-27/h5-7,12-14H,8-11,15-16H2,1-4H3,(H2,24,25,26). The Bertz CT molecular complexity index is 851. The molecule has 0 unspecified atom stereocenters. The predicted molar refractivity (Wildman–Crippen MR) is 118 cm³/mol. The van der Waals surface area contributed by atoms with E-state index in [0.29, 0.717) is 0 Å². The topological polar surface area (TPSA) is 58.1 Å². The van der Waals surface area contributed by atoms with Crippen molar-refractivity contribution in [1.29, 1.82) is 0 Å². The van der Waals surface area contributed by atoms with Crippen LogP contribution in [0.1, 0.15) is 22.3 Å². The van der Waals surface area contributed by atoms with Crippen LogP contribution in [0.15, 0.2) is 41.4 Å². The van der Waals surface area contributed by atoms with E-state index >= 15 is 0 Å². The smallest absolute Gasteiger partial charge is 0.191 e. The number of nitrogens with zero attached hydrogens (tertiary/aromatic N) is 2. The fourth-order valence-corrected chi connectivity index (χ4v) is 3.69. The second-order valence-electron chi connectivity index (χ2n) is 7.34. The van der Waals surface area contributed by atoms with Crippen LogP contribution in [0.2, 0.25) is 0 Å². The third kappa shape index (κ3) is 5.64. The summed E-state index contributed by atoms with van der Waals surface area (Å²) in [6, 6.07) is 12.7. The summed E-state index contributed by atoms with van der Waals surface area (Å²) >= 11 is 0. The number of ether oxygens (including phenoxy) is 2. The average molecular weight is 397 g/mol. The highest BCUT2D eigenvalue weighted by molar-refractivity contribution is 5.79. The van der Waals surface area contributed by atoms with Crippen molar-refractivity contribution in [3.05, 3.63) is 58.7 Å². The normalized spacial score (nSPS) is 14.3. The molecule has 0 atom stereocenters. The molecule has 6 heteroatoms. The van der Waals surface area contributed by atoms with Gasteiger partial charge in [0, 0.05) is 39.8 Å². The van der Waals surface area contributed by atoms with Crippen molar-refractivity contribution in [3.63, 3.8) is 0 Å². The zero-order chi connectivity index (χ0) is 20.6. The van der Waals surface area contributed by atoms with E-state index in [0.717, 1.165) is 56.6 Å². The predicted octanol–water partition coefficient (Wildman–Crippen LogP) is 2.74. The molecule has 2 aromatic rings. The molecule has 29 heavy (non-hydrogen) atoms. The lowest BCUT2D eigenvalue weighted by Crippen LogP contribution is -2.42. The minimum absolute atomic E-state index is 0.764. The van der Waals surface area contributed by atoms with E-state index in [1.54, 1.807) is 14.2 Å². The molecular formula is C23H32N4O2. The minimum atomic E-state index is 0.764. The molecule has 156 valence electrons. The summed E-state index contributed by atoms with van der Waals surface area (Å²) in [5.41, 5.74) is 5.19. The highest BCUT2D eigenvalue weighted by Crippen LogP contribution is 2.33. The molecule has 1 heterocycles. The summed E-state index contributed by atoms with van der Waals surface area (Å²) in [5.74, 6) is 2.44. The molecule has 0 aromatic heterocycles. The number of guanidine groups is 1. The van der Waals surface area contributed by atoms with Crippen LogP contribution in [-0.2, 0) is 19.5 Å². The van der Waals surface area contributed by atoms with Crippen molar-refractivity contribution < 1.29 is 9.47 Å². The number of hydrogen-bond acceptors (Lipinski definition) is 4. The highest BCUT2D eigenvalue weighted by Gasteiger charge is 2.19. The van der Waals surface area contributed by atoms with Crippen molar-refractivity contribution in [2.24, 2.45) is 4.99 Å². The number of rotatable bonds is 7. The van der Waals surface area contributed by atoms with Gasteiger partial charge in [0.1, 0.15) is 0 Å². The van der Waals surface area contributed by atoms with Gasteiger partial charge in [0.2, 0.25) is 0 Å². The molecule has 0 saturated carbocycles. The van der Waals surface area contributed by atoms with Crippen LogP contribution in [-0.4, -0.2) is 51.8 Å². The second-order valence-corrected chi connectivity index (χ2v) is 7.34. The lowest BCUT2D eigenvalue weighted by atomic mass is 9.99. The molecule has 0 amide bonds. The maximum Gasteiger partial charge on any atom is 0.191 e. The molecule has 0 bridgehead atoms. The Morgan fingerprint density at radius 3 is 2.52 bits per heavy atom. The Labute approximate surface area is 173 Å². The molecular weight excluding hydrogens is 364 g/mol. The van der Waals surface area contributed by atoms with Crippen LogP contribution in [0.25, 0.3) is 0 Å². The number of nitrogens with one attached hydrogen (secondary N) is 2. The van der Waals surface area contributed by atoms with Crippen LogP contribution >= 0.6 is 0 Å². The minimum Gasteiger partial charge on any atom is -0.493 e. The molecule has 0 fully saturated rings. The lowest BCUT2D eigenvalue weighted by Gasteiger charge is -2.29. The van der Waals surface area contributed by atoms with Gasteiger partial charge >= 0.3 is 0 Å². The van der Waals surface area contributed by atoms with Crippen molar-refractivity contribution in [3.8, 4) is 11.5 Å². The molecule has 6 nitrogen and oxygen atoms in total. The van der Waals surface area contributed by atoms with E-state index in [4.69, 9.17) is 9.47 Å². The third-order valence-corrected chi connectivity index (χ3v) is 5.28. The van der Waals surface area contributed by atoms with Gasteiger partial charge in [0.05, 0.1) is 14.2 Å². The van der Waals surface area contributed by atoms with Crippen molar-refractivity contribution in [2.45, 2.75) is 26.4 Å². The number of aliphatic imine (C=N–C) groups is 1. The van der Waals surface area contributed by atoms with Crippen LogP contribution in [0.3, 0.4) is 0 Å². The van der Waals surface area contributed by atoms with Crippen LogP contribution in [0, 0.1) is 6.92 Å². The fraction of sp³-hybridized carbons (Fsp3) is 0.435. The Kier molecular flexibility index (Phi) is 7.36. The Morgan fingerprint density at radius 1 is 1.07 bits per heavy atom. The first-order valence-electron chi connectivity index (χ1n) is 10.1. The van der Waals surface area contributed by atoms with Gasteiger partial charge in [0.15, 0.2) is 17.5 Å². The Morgan fingerprint density at radius 2 is 1.83 bits per heavy atom. The molecule has 3 rings (SSSR count). The van der Waals surface area contributed by atoms with E-state index in [2.05, 4.69) is 63.8 Å². The zero-order valence-electron chi connectivity index (χ0n) is 17.9. The van der Waals surface area contributed by atoms with Crippen LogP contribution < -0.4 is 20.1 Å². The maximum atomic E-state index is 5.46. The number of methoxy groups -OCH3 is 2. The average Bonchev–Trinajstić information content (AvgIpc) is 2.75. The largest absolute Gasteiger partial charge is 0.493 e. The van der Waals surface area contributed by atoms with Gasteiger partial charge in [-0.25, -0.2) is 0 Å². The molecule has 2 aromatic carbocycles. The molecule has 1 aliphatic heterocycles. The molecule has 0 radical (unpaired) electrons.